The molecule has 0 amide bonds. The van der Waals surface area contributed by atoms with Gasteiger partial charge >= 0.3 is 0 Å². The Balaban J connectivity index is 1.91. The molecule has 17 heavy (non-hydrogen) atoms. The Morgan fingerprint density at radius 1 is 1.35 bits per heavy atom. The van der Waals surface area contributed by atoms with Crippen LogP contribution in [0.4, 0.5) is 4.39 Å². The average Bonchev–Trinajstić information content (AvgIpc) is 2.83. The molecule has 1 aliphatic carbocycles. The van der Waals surface area contributed by atoms with Gasteiger partial charge in [0.1, 0.15) is 5.82 Å². The highest BCUT2D eigenvalue weighted by Gasteiger charge is 2.18. The molecule has 0 aromatic heterocycles. The van der Waals surface area contributed by atoms with Crippen molar-refractivity contribution in [1.82, 2.24) is 0 Å². The van der Waals surface area contributed by atoms with Crippen LogP contribution in [0.15, 0.2) is 24.3 Å². The predicted octanol–water partition coefficient (Wildman–Crippen LogP) is 3.75. The average molecular weight is 253 g/mol. The lowest BCUT2D eigenvalue weighted by molar-refractivity contribution is 0.620. The molecule has 0 radical (unpaired) electrons. The molecule has 1 aromatic carbocycles. The molecule has 0 bridgehead atoms. The van der Waals surface area contributed by atoms with E-state index in [1.165, 1.54) is 37.5 Å². The van der Waals surface area contributed by atoms with E-state index in [9.17, 15) is 4.39 Å². The van der Waals surface area contributed by atoms with E-state index in [2.05, 4.69) is 0 Å². The first kappa shape index (κ1) is 12.9. The molecule has 94 valence electrons. The Morgan fingerprint density at radius 2 is 2.12 bits per heavy atom. The molecule has 1 atom stereocenters. The van der Waals surface area contributed by atoms with Gasteiger partial charge in [-0.1, -0.05) is 25.0 Å². The van der Waals surface area contributed by atoms with Gasteiger partial charge in [0.15, 0.2) is 0 Å². The second kappa shape index (κ2) is 6.41. The van der Waals surface area contributed by atoms with Crippen molar-refractivity contribution in [2.45, 2.75) is 30.9 Å². The van der Waals surface area contributed by atoms with E-state index in [0.29, 0.717) is 6.54 Å². The zero-order valence-corrected chi connectivity index (χ0v) is 10.9. The second-order valence-electron chi connectivity index (χ2n) is 4.76. The highest BCUT2D eigenvalue weighted by atomic mass is 32.2. The van der Waals surface area contributed by atoms with Gasteiger partial charge in [0.25, 0.3) is 0 Å². The fraction of sp³-hybridized carbons (Fsp3) is 0.571. The summed E-state index contributed by atoms with van der Waals surface area (Å²) in [6.45, 7) is 0.584. The van der Waals surface area contributed by atoms with Crippen LogP contribution in [0.1, 0.15) is 36.5 Å². The van der Waals surface area contributed by atoms with Crippen LogP contribution in [0.5, 0.6) is 0 Å². The first-order valence-corrected chi connectivity index (χ1v) is 7.41. The molecule has 0 saturated heterocycles. The minimum absolute atomic E-state index is 0.164. The molecule has 3 heteroatoms. The lowest BCUT2D eigenvalue weighted by Crippen LogP contribution is -2.11. The number of thioether (sulfide) groups is 1. The van der Waals surface area contributed by atoms with E-state index in [4.69, 9.17) is 5.73 Å². The van der Waals surface area contributed by atoms with Crippen molar-refractivity contribution in [1.29, 1.82) is 0 Å². The normalized spacial score (nSPS) is 18.5. The Kier molecular flexibility index (Phi) is 4.86. The van der Waals surface area contributed by atoms with Gasteiger partial charge in [-0.2, -0.15) is 11.8 Å². The summed E-state index contributed by atoms with van der Waals surface area (Å²) in [7, 11) is 0. The number of rotatable bonds is 5. The molecule has 0 heterocycles. The SMILES string of the molecule is NCC(SCC1CCCC1)c1cccc(F)c1. The summed E-state index contributed by atoms with van der Waals surface area (Å²) < 4.78 is 13.2. The van der Waals surface area contributed by atoms with Crippen LogP contribution in [0.3, 0.4) is 0 Å². The molecular formula is C14H20FNS. The standard InChI is InChI=1S/C14H20FNS/c15-13-7-3-6-12(8-13)14(9-16)17-10-11-4-1-2-5-11/h3,6-8,11,14H,1-2,4-5,9-10,16H2. The van der Waals surface area contributed by atoms with Crippen molar-refractivity contribution < 1.29 is 4.39 Å². The number of benzene rings is 1. The highest BCUT2D eigenvalue weighted by molar-refractivity contribution is 7.99. The summed E-state index contributed by atoms with van der Waals surface area (Å²) in [5, 5.41) is 0.242. The van der Waals surface area contributed by atoms with Crippen LogP contribution < -0.4 is 5.73 Å². The molecule has 2 rings (SSSR count). The quantitative estimate of drug-likeness (QED) is 0.865. The van der Waals surface area contributed by atoms with Gasteiger partial charge in [0, 0.05) is 11.8 Å². The van der Waals surface area contributed by atoms with Crippen molar-refractivity contribution in [2.75, 3.05) is 12.3 Å². The molecule has 1 nitrogen and oxygen atoms in total. The molecule has 0 aliphatic heterocycles. The van der Waals surface area contributed by atoms with Gasteiger partial charge in [-0.05, 0) is 42.2 Å². The van der Waals surface area contributed by atoms with E-state index in [1.807, 2.05) is 17.8 Å². The Labute approximate surface area is 107 Å². The zero-order valence-electron chi connectivity index (χ0n) is 10.1. The van der Waals surface area contributed by atoms with Crippen LogP contribution in [0.2, 0.25) is 0 Å². The molecule has 1 aliphatic rings. The molecule has 1 fully saturated rings. The maximum atomic E-state index is 13.2. The molecule has 1 unspecified atom stereocenters. The summed E-state index contributed by atoms with van der Waals surface area (Å²) >= 11 is 1.89. The van der Waals surface area contributed by atoms with Crippen molar-refractivity contribution in [3.8, 4) is 0 Å². The van der Waals surface area contributed by atoms with Crippen LogP contribution in [-0.2, 0) is 0 Å². The smallest absolute Gasteiger partial charge is 0.123 e. The minimum Gasteiger partial charge on any atom is -0.329 e. The zero-order chi connectivity index (χ0) is 12.1. The number of nitrogens with two attached hydrogens (primary N) is 1. The fourth-order valence-electron chi connectivity index (χ4n) is 2.44. The number of hydrogen-bond acceptors (Lipinski definition) is 2. The Bertz CT molecular complexity index is 350. The van der Waals surface area contributed by atoms with E-state index < -0.39 is 0 Å². The summed E-state index contributed by atoms with van der Waals surface area (Å²) in [6, 6.07) is 6.84. The molecule has 2 N–H and O–H groups in total. The third-order valence-corrected chi connectivity index (χ3v) is 4.97. The molecule has 1 saturated carbocycles. The number of halogens is 1. The van der Waals surface area contributed by atoms with Gasteiger partial charge in [-0.25, -0.2) is 4.39 Å². The van der Waals surface area contributed by atoms with Gasteiger partial charge < -0.3 is 5.73 Å². The third kappa shape index (κ3) is 3.71. The summed E-state index contributed by atoms with van der Waals surface area (Å²) in [4.78, 5) is 0. The maximum Gasteiger partial charge on any atom is 0.123 e. The van der Waals surface area contributed by atoms with Crippen molar-refractivity contribution in [3.05, 3.63) is 35.6 Å². The molecule has 1 aromatic rings. The summed E-state index contributed by atoms with van der Waals surface area (Å²) in [6.07, 6.45) is 5.46. The van der Waals surface area contributed by atoms with Gasteiger partial charge in [0.05, 0.1) is 0 Å². The first-order valence-electron chi connectivity index (χ1n) is 6.36. The monoisotopic (exact) mass is 253 g/mol. The Morgan fingerprint density at radius 3 is 2.76 bits per heavy atom. The van der Waals surface area contributed by atoms with Crippen molar-refractivity contribution in [3.63, 3.8) is 0 Å². The Hall–Kier alpha value is -0.540. The molecular weight excluding hydrogens is 233 g/mol. The fourth-order valence-corrected chi connectivity index (χ4v) is 3.75. The van der Waals surface area contributed by atoms with Crippen molar-refractivity contribution >= 4 is 11.8 Å². The van der Waals surface area contributed by atoms with Crippen LogP contribution >= 0.6 is 11.8 Å². The van der Waals surface area contributed by atoms with Gasteiger partial charge in [-0.15, -0.1) is 0 Å². The largest absolute Gasteiger partial charge is 0.329 e. The first-order chi connectivity index (χ1) is 8.29. The van der Waals surface area contributed by atoms with Crippen LogP contribution in [0.25, 0.3) is 0 Å². The van der Waals surface area contributed by atoms with Crippen LogP contribution in [0, 0.1) is 11.7 Å². The highest BCUT2D eigenvalue weighted by Crippen LogP contribution is 2.34. The molecule has 0 spiro atoms. The van der Waals surface area contributed by atoms with Crippen molar-refractivity contribution in [2.24, 2.45) is 11.7 Å². The van der Waals surface area contributed by atoms with E-state index >= 15 is 0 Å². The van der Waals surface area contributed by atoms with E-state index in [0.717, 1.165) is 11.5 Å². The minimum atomic E-state index is -0.164. The lowest BCUT2D eigenvalue weighted by Gasteiger charge is -2.17. The van der Waals surface area contributed by atoms with E-state index in [-0.39, 0.29) is 11.1 Å². The maximum absolute atomic E-state index is 13.2. The predicted molar refractivity (Wildman–Crippen MR) is 72.6 cm³/mol. The third-order valence-electron chi connectivity index (χ3n) is 3.44. The second-order valence-corrected chi connectivity index (χ2v) is 6.00. The van der Waals surface area contributed by atoms with Crippen LogP contribution in [-0.4, -0.2) is 12.3 Å². The topological polar surface area (TPSA) is 26.0 Å². The van der Waals surface area contributed by atoms with Gasteiger partial charge in [0.2, 0.25) is 0 Å². The number of hydrogen-bond donors (Lipinski definition) is 1. The van der Waals surface area contributed by atoms with Gasteiger partial charge in [-0.3, -0.25) is 0 Å². The lowest BCUT2D eigenvalue weighted by atomic mass is 10.1. The van der Waals surface area contributed by atoms with E-state index in [1.54, 1.807) is 12.1 Å². The summed E-state index contributed by atoms with van der Waals surface area (Å²) in [5.74, 6) is 1.85. The summed E-state index contributed by atoms with van der Waals surface area (Å²) in [5.41, 5.74) is 6.82.